The molecule has 0 unspecified atom stereocenters. The highest BCUT2D eigenvalue weighted by Crippen LogP contribution is 2.64. The minimum absolute atomic E-state index is 0.0250. The third kappa shape index (κ3) is 3.98. The molecule has 5 nitrogen and oxygen atoms in total. The molecule has 2 saturated carbocycles. The zero-order valence-electron chi connectivity index (χ0n) is 22.2. The molecule has 2 aliphatic heterocycles. The number of hydrogen-bond donors (Lipinski definition) is 1. The Kier molecular flexibility index (Phi) is 6.21. The first-order chi connectivity index (χ1) is 18.3. The number of piperidine rings is 1. The normalized spacial score (nSPS) is 31.5. The number of nitrogens with zero attached hydrogens (tertiary/aromatic N) is 2. The highest BCUT2D eigenvalue weighted by Gasteiger charge is 2.66. The van der Waals surface area contributed by atoms with E-state index in [4.69, 9.17) is 4.74 Å². The van der Waals surface area contributed by atoms with Crippen molar-refractivity contribution in [3.8, 4) is 11.5 Å². The van der Waals surface area contributed by atoms with Gasteiger partial charge < -0.3 is 14.7 Å². The van der Waals surface area contributed by atoms with Gasteiger partial charge in [0.05, 0.1) is 6.04 Å². The molecule has 1 aromatic carbocycles. The van der Waals surface area contributed by atoms with Crippen molar-refractivity contribution in [1.82, 2.24) is 9.80 Å². The van der Waals surface area contributed by atoms with E-state index >= 15 is 0 Å². The van der Waals surface area contributed by atoms with Gasteiger partial charge in [-0.05, 0) is 103 Å². The molecular weight excluding hydrogens is 560 g/mol. The third-order valence-electron chi connectivity index (χ3n) is 9.83. The van der Waals surface area contributed by atoms with Crippen LogP contribution in [0.3, 0.4) is 0 Å². The Labute approximate surface area is 238 Å². The molecule has 0 radical (unpaired) electrons. The fourth-order valence-corrected chi connectivity index (χ4v) is 9.57. The van der Waals surface area contributed by atoms with Gasteiger partial charge in [0.25, 0.3) is 0 Å². The van der Waals surface area contributed by atoms with E-state index in [2.05, 4.69) is 39.6 Å². The van der Waals surface area contributed by atoms with Gasteiger partial charge in [-0.15, -0.1) is 11.3 Å². The largest absolute Gasteiger partial charge is 0.508 e. The predicted molar refractivity (Wildman–Crippen MR) is 155 cm³/mol. The summed E-state index contributed by atoms with van der Waals surface area (Å²) in [7, 11) is 0. The Bertz CT molecular complexity index is 1290. The Morgan fingerprint density at radius 2 is 2.16 bits per heavy atom. The maximum atomic E-state index is 13.8. The van der Waals surface area contributed by atoms with Crippen molar-refractivity contribution in [3.63, 3.8) is 0 Å². The quantitative estimate of drug-likeness (QED) is 0.385. The molecule has 3 fully saturated rings. The molecule has 1 amide bonds. The zero-order valence-corrected chi connectivity index (χ0v) is 24.6. The smallest absolute Gasteiger partial charge is 0.246 e. The van der Waals surface area contributed by atoms with Gasteiger partial charge in [-0.1, -0.05) is 13.8 Å². The van der Waals surface area contributed by atoms with Gasteiger partial charge in [0.1, 0.15) is 17.6 Å². The SMILES string of the molecule is CC(C)CN(C(=O)/C=C/c1cc(Br)cs1)[C@H]1CC[C@H]2[C@H]3Cc4c(O)ccc5c4[C@@]2(CCN3CC2CC2)[C@H]1O5. The summed E-state index contributed by atoms with van der Waals surface area (Å²) >= 11 is 5.15. The summed E-state index contributed by atoms with van der Waals surface area (Å²) < 4.78 is 7.95. The maximum absolute atomic E-state index is 13.8. The van der Waals surface area contributed by atoms with Crippen LogP contribution in [-0.2, 0) is 16.6 Å². The second-order valence-electron chi connectivity index (χ2n) is 12.6. The molecule has 38 heavy (non-hydrogen) atoms. The van der Waals surface area contributed by atoms with E-state index in [1.165, 1.54) is 24.9 Å². The summed E-state index contributed by atoms with van der Waals surface area (Å²) in [4.78, 5) is 19.7. The monoisotopic (exact) mass is 596 g/mol. The van der Waals surface area contributed by atoms with E-state index in [1.807, 2.05) is 29.7 Å². The molecule has 1 spiro atoms. The van der Waals surface area contributed by atoms with E-state index < -0.39 is 0 Å². The number of halogens is 1. The van der Waals surface area contributed by atoms with E-state index in [9.17, 15) is 9.90 Å². The predicted octanol–water partition coefficient (Wildman–Crippen LogP) is 6.23. The molecule has 5 atom stereocenters. The number of phenolic OH excluding ortho intramolecular Hbond substituents is 1. The first kappa shape index (κ1) is 25.2. The fraction of sp³-hybridized carbons (Fsp3) is 0.581. The lowest BCUT2D eigenvalue weighted by atomic mass is 9.50. The van der Waals surface area contributed by atoms with Gasteiger partial charge in [-0.2, -0.15) is 0 Å². The van der Waals surface area contributed by atoms with Gasteiger partial charge >= 0.3 is 0 Å². The van der Waals surface area contributed by atoms with Crippen molar-refractivity contribution in [2.45, 2.75) is 76.0 Å². The van der Waals surface area contributed by atoms with E-state index in [-0.39, 0.29) is 23.5 Å². The number of carbonyl (C=O) groups excluding carboxylic acids is 1. The summed E-state index contributed by atoms with van der Waals surface area (Å²) in [6.45, 7) is 7.39. The van der Waals surface area contributed by atoms with Gasteiger partial charge in [0, 0.05) is 56.5 Å². The summed E-state index contributed by atoms with van der Waals surface area (Å²) in [6.07, 6.45) is 10.4. The second kappa shape index (κ2) is 9.38. The van der Waals surface area contributed by atoms with Crippen molar-refractivity contribution in [3.05, 3.63) is 50.1 Å². The summed E-state index contributed by atoms with van der Waals surface area (Å²) in [5.41, 5.74) is 2.26. The number of phenols is 1. The molecule has 202 valence electrons. The van der Waals surface area contributed by atoms with Crippen LogP contribution in [0.2, 0.25) is 0 Å². The van der Waals surface area contributed by atoms with Gasteiger partial charge in [-0.25, -0.2) is 0 Å². The van der Waals surface area contributed by atoms with Crippen LogP contribution in [0.4, 0.5) is 0 Å². The highest BCUT2D eigenvalue weighted by molar-refractivity contribution is 9.10. The molecule has 2 aromatic rings. The Morgan fingerprint density at radius 1 is 1.32 bits per heavy atom. The molecule has 1 N–H and O–H groups in total. The summed E-state index contributed by atoms with van der Waals surface area (Å²) in [5.74, 6) is 3.18. The van der Waals surface area contributed by atoms with Crippen molar-refractivity contribution < 1.29 is 14.6 Å². The molecule has 5 aliphatic rings. The van der Waals surface area contributed by atoms with Crippen LogP contribution in [0.25, 0.3) is 6.08 Å². The Balaban J connectivity index is 1.26. The van der Waals surface area contributed by atoms with E-state index in [0.29, 0.717) is 30.2 Å². The molecule has 3 aliphatic carbocycles. The van der Waals surface area contributed by atoms with E-state index in [0.717, 1.165) is 58.8 Å². The number of rotatable bonds is 7. The number of carbonyl (C=O) groups is 1. The lowest BCUT2D eigenvalue weighted by Crippen LogP contribution is -2.69. The molecule has 7 heteroatoms. The standard InChI is InChI=1S/C31H37BrN2O3S/c1-18(2)15-34(28(36)10-5-21-13-20(32)17-38-21)24-7-6-23-25-14-22-26(35)8-9-27-29(22)31(23,30(24)37-27)11-12-33(25)16-19-3-4-19/h5,8-10,13,17-19,23-25,30,35H,3-4,6-7,11-12,14-16H2,1-2H3/b10-5+/t23-,24-,25+,30-,31-/m0/s1. The number of benzene rings is 1. The third-order valence-corrected chi connectivity index (χ3v) is 11.5. The van der Waals surface area contributed by atoms with Crippen molar-refractivity contribution in [1.29, 1.82) is 0 Å². The fourth-order valence-electron chi connectivity index (χ4n) is 8.23. The second-order valence-corrected chi connectivity index (χ2v) is 14.5. The molecule has 2 bridgehead atoms. The van der Waals surface area contributed by atoms with Crippen molar-refractivity contribution >= 4 is 39.2 Å². The van der Waals surface area contributed by atoms with Crippen LogP contribution >= 0.6 is 27.3 Å². The average Bonchev–Trinajstić information content (AvgIpc) is 3.51. The van der Waals surface area contributed by atoms with Gasteiger partial charge in [0.15, 0.2) is 0 Å². The topological polar surface area (TPSA) is 53.0 Å². The Morgan fingerprint density at radius 3 is 2.89 bits per heavy atom. The van der Waals surface area contributed by atoms with Gasteiger partial charge in [-0.3, -0.25) is 9.69 Å². The van der Waals surface area contributed by atoms with Crippen LogP contribution in [0, 0.1) is 17.8 Å². The highest BCUT2D eigenvalue weighted by atomic mass is 79.9. The zero-order chi connectivity index (χ0) is 26.2. The average molecular weight is 598 g/mol. The Hall–Kier alpha value is -1.83. The molecule has 1 aromatic heterocycles. The van der Waals surface area contributed by atoms with E-state index in [1.54, 1.807) is 17.4 Å². The first-order valence-corrected chi connectivity index (χ1v) is 16.0. The van der Waals surface area contributed by atoms with Crippen LogP contribution in [0.5, 0.6) is 11.5 Å². The molecule has 1 saturated heterocycles. The van der Waals surface area contributed by atoms with Crippen LogP contribution in [0.15, 0.2) is 34.1 Å². The first-order valence-electron chi connectivity index (χ1n) is 14.3. The minimum atomic E-state index is -0.118. The van der Waals surface area contributed by atoms with Crippen molar-refractivity contribution in [2.24, 2.45) is 17.8 Å². The number of amides is 1. The lowest BCUT2D eigenvalue weighted by molar-refractivity contribution is -0.138. The van der Waals surface area contributed by atoms with Crippen LogP contribution < -0.4 is 4.74 Å². The number of hydrogen-bond acceptors (Lipinski definition) is 5. The maximum Gasteiger partial charge on any atom is 0.246 e. The number of aromatic hydroxyl groups is 1. The van der Waals surface area contributed by atoms with Crippen molar-refractivity contribution in [2.75, 3.05) is 19.6 Å². The van der Waals surface area contributed by atoms with Gasteiger partial charge in [0.2, 0.25) is 5.91 Å². The lowest BCUT2D eigenvalue weighted by Gasteiger charge is -2.60. The summed E-state index contributed by atoms with van der Waals surface area (Å²) in [5, 5.41) is 13.1. The number of thiophene rings is 1. The summed E-state index contributed by atoms with van der Waals surface area (Å²) in [6, 6.07) is 6.34. The number of ether oxygens (including phenoxy) is 1. The molecular formula is C31H37BrN2O3S. The number of likely N-dealkylation sites (tertiary alicyclic amines) is 1. The minimum Gasteiger partial charge on any atom is -0.508 e. The van der Waals surface area contributed by atoms with Crippen LogP contribution in [0.1, 0.15) is 62.0 Å². The molecule has 7 rings (SSSR count). The molecule has 3 heterocycles. The van der Waals surface area contributed by atoms with Crippen LogP contribution in [-0.4, -0.2) is 58.6 Å².